The number of hydrogen-bond acceptors (Lipinski definition) is 4. The second-order valence-electron chi connectivity index (χ2n) is 4.30. The van der Waals surface area contributed by atoms with E-state index in [1.54, 1.807) is 26.0 Å². The van der Waals surface area contributed by atoms with Crippen molar-refractivity contribution >= 4 is 11.8 Å². The zero-order valence-corrected chi connectivity index (χ0v) is 10.6. The van der Waals surface area contributed by atoms with Gasteiger partial charge in [0.15, 0.2) is 11.6 Å². The molecule has 0 aliphatic rings. The van der Waals surface area contributed by atoms with Gasteiger partial charge in [-0.25, -0.2) is 13.8 Å². The van der Waals surface area contributed by atoms with Crippen molar-refractivity contribution in [2.75, 3.05) is 11.1 Å². The van der Waals surface area contributed by atoms with E-state index in [0.29, 0.717) is 11.1 Å². The summed E-state index contributed by atoms with van der Waals surface area (Å²) in [6.07, 6.45) is 0.993. The maximum Gasteiger partial charge on any atom is 0.222 e. The van der Waals surface area contributed by atoms with Crippen LogP contribution in [-0.2, 0) is 0 Å². The van der Waals surface area contributed by atoms with E-state index < -0.39 is 5.82 Å². The number of aromatic nitrogens is 2. The van der Waals surface area contributed by atoms with Crippen molar-refractivity contribution in [2.45, 2.75) is 19.9 Å². The van der Waals surface area contributed by atoms with Crippen molar-refractivity contribution in [1.82, 2.24) is 9.97 Å². The van der Waals surface area contributed by atoms with E-state index in [0.717, 1.165) is 6.20 Å². The summed E-state index contributed by atoms with van der Waals surface area (Å²) in [6, 6.07) is 4.56. The van der Waals surface area contributed by atoms with Gasteiger partial charge in [0, 0.05) is 0 Å². The monoisotopic (exact) mass is 264 g/mol. The van der Waals surface area contributed by atoms with E-state index in [-0.39, 0.29) is 23.6 Å². The van der Waals surface area contributed by atoms with E-state index in [1.807, 2.05) is 0 Å². The Kier molecular flexibility index (Phi) is 3.59. The zero-order chi connectivity index (χ0) is 14.0. The lowest BCUT2D eigenvalue weighted by atomic mass is 10.1. The van der Waals surface area contributed by atoms with Gasteiger partial charge in [-0.15, -0.1) is 0 Å². The molecule has 100 valence electrons. The standard InChI is InChI=1S/C13H14F2N4/c1-7-3-4-9(5-10(7)14)8(2)18-12-11(15)6-17-13(16)19-12/h3-6,8H,1-2H3,(H3,16,17,18,19). The van der Waals surface area contributed by atoms with Gasteiger partial charge in [-0.1, -0.05) is 12.1 Å². The lowest BCUT2D eigenvalue weighted by Crippen LogP contribution is -2.11. The number of nitrogens with two attached hydrogens (primary N) is 1. The first-order valence-electron chi connectivity index (χ1n) is 5.78. The Morgan fingerprint density at radius 3 is 2.68 bits per heavy atom. The van der Waals surface area contributed by atoms with E-state index in [1.165, 1.54) is 6.07 Å². The Bertz CT molecular complexity index is 601. The van der Waals surface area contributed by atoms with Gasteiger partial charge in [0.2, 0.25) is 5.95 Å². The number of nitrogen functional groups attached to an aromatic ring is 1. The summed E-state index contributed by atoms with van der Waals surface area (Å²) < 4.78 is 26.9. The molecule has 0 aliphatic carbocycles. The molecule has 0 radical (unpaired) electrons. The number of halogens is 2. The van der Waals surface area contributed by atoms with Crippen LogP contribution in [0.4, 0.5) is 20.5 Å². The van der Waals surface area contributed by atoms with Gasteiger partial charge in [-0.05, 0) is 31.0 Å². The molecule has 1 heterocycles. The number of anilines is 2. The van der Waals surface area contributed by atoms with Gasteiger partial charge in [0.05, 0.1) is 12.2 Å². The smallest absolute Gasteiger partial charge is 0.222 e. The second-order valence-corrected chi connectivity index (χ2v) is 4.30. The van der Waals surface area contributed by atoms with Crippen LogP contribution in [0.1, 0.15) is 24.1 Å². The number of rotatable bonds is 3. The summed E-state index contributed by atoms with van der Waals surface area (Å²) in [5.41, 5.74) is 6.65. The van der Waals surface area contributed by atoms with E-state index in [9.17, 15) is 8.78 Å². The minimum Gasteiger partial charge on any atom is -0.368 e. The largest absolute Gasteiger partial charge is 0.368 e. The Morgan fingerprint density at radius 1 is 1.26 bits per heavy atom. The highest BCUT2D eigenvalue weighted by Crippen LogP contribution is 2.21. The van der Waals surface area contributed by atoms with Crippen LogP contribution in [0.25, 0.3) is 0 Å². The molecule has 6 heteroatoms. The summed E-state index contributed by atoms with van der Waals surface area (Å²) in [6.45, 7) is 3.46. The quantitative estimate of drug-likeness (QED) is 0.894. The molecule has 1 atom stereocenters. The highest BCUT2D eigenvalue weighted by atomic mass is 19.1. The lowest BCUT2D eigenvalue weighted by molar-refractivity contribution is 0.609. The molecule has 4 nitrogen and oxygen atoms in total. The van der Waals surface area contributed by atoms with Crippen LogP contribution in [0.3, 0.4) is 0 Å². The zero-order valence-electron chi connectivity index (χ0n) is 10.6. The van der Waals surface area contributed by atoms with Crippen molar-refractivity contribution in [1.29, 1.82) is 0 Å². The molecule has 2 rings (SSSR count). The first kappa shape index (κ1) is 13.2. The summed E-state index contributed by atoms with van der Waals surface area (Å²) in [5.74, 6) is -0.922. The maximum absolute atomic E-state index is 13.5. The fourth-order valence-corrected chi connectivity index (χ4v) is 1.65. The lowest BCUT2D eigenvalue weighted by Gasteiger charge is -2.16. The van der Waals surface area contributed by atoms with Gasteiger partial charge in [0.1, 0.15) is 5.82 Å². The van der Waals surface area contributed by atoms with Crippen LogP contribution in [0.2, 0.25) is 0 Å². The number of benzene rings is 1. The number of aryl methyl sites for hydroxylation is 1. The number of nitrogens with zero attached hydrogens (tertiary/aromatic N) is 2. The van der Waals surface area contributed by atoms with E-state index in [4.69, 9.17) is 5.73 Å². The Morgan fingerprint density at radius 2 is 2.00 bits per heavy atom. The first-order valence-corrected chi connectivity index (χ1v) is 5.78. The third-order valence-corrected chi connectivity index (χ3v) is 2.81. The van der Waals surface area contributed by atoms with Crippen LogP contribution in [0.5, 0.6) is 0 Å². The molecule has 2 aromatic rings. The first-order chi connectivity index (χ1) is 8.97. The third kappa shape index (κ3) is 2.96. The molecule has 0 aliphatic heterocycles. The minimum absolute atomic E-state index is 0.000910. The minimum atomic E-state index is -0.603. The summed E-state index contributed by atoms with van der Waals surface area (Å²) in [7, 11) is 0. The SMILES string of the molecule is Cc1ccc(C(C)Nc2nc(N)ncc2F)cc1F. The number of hydrogen-bond donors (Lipinski definition) is 2. The Hall–Kier alpha value is -2.24. The van der Waals surface area contributed by atoms with Gasteiger partial charge >= 0.3 is 0 Å². The molecule has 0 saturated heterocycles. The Labute approximate surface area is 109 Å². The summed E-state index contributed by atoms with van der Waals surface area (Å²) in [4.78, 5) is 7.30. The van der Waals surface area contributed by atoms with Crippen molar-refractivity contribution in [3.8, 4) is 0 Å². The molecular weight excluding hydrogens is 250 g/mol. The molecule has 3 N–H and O–H groups in total. The summed E-state index contributed by atoms with van der Waals surface area (Å²) >= 11 is 0. The fraction of sp³-hybridized carbons (Fsp3) is 0.231. The molecule has 0 amide bonds. The summed E-state index contributed by atoms with van der Waals surface area (Å²) in [5, 5.41) is 2.84. The molecule has 1 aromatic heterocycles. The Balaban J connectivity index is 2.22. The van der Waals surface area contributed by atoms with Crippen molar-refractivity contribution in [3.63, 3.8) is 0 Å². The predicted molar refractivity (Wildman–Crippen MR) is 69.6 cm³/mol. The van der Waals surface area contributed by atoms with Crippen LogP contribution in [-0.4, -0.2) is 9.97 Å². The van der Waals surface area contributed by atoms with Gasteiger partial charge in [-0.2, -0.15) is 4.98 Å². The molecule has 0 spiro atoms. The molecule has 0 bridgehead atoms. The average Bonchev–Trinajstić information content (AvgIpc) is 2.37. The van der Waals surface area contributed by atoms with E-state index >= 15 is 0 Å². The van der Waals surface area contributed by atoms with Crippen molar-refractivity contribution in [2.24, 2.45) is 0 Å². The topological polar surface area (TPSA) is 63.8 Å². The molecule has 0 fully saturated rings. The van der Waals surface area contributed by atoms with Crippen LogP contribution in [0.15, 0.2) is 24.4 Å². The van der Waals surface area contributed by atoms with Crippen LogP contribution >= 0.6 is 0 Å². The fourth-order valence-electron chi connectivity index (χ4n) is 1.65. The van der Waals surface area contributed by atoms with Gasteiger partial charge in [0.25, 0.3) is 0 Å². The van der Waals surface area contributed by atoms with Crippen LogP contribution in [0, 0.1) is 18.6 Å². The highest BCUT2D eigenvalue weighted by Gasteiger charge is 2.12. The van der Waals surface area contributed by atoms with Crippen LogP contribution < -0.4 is 11.1 Å². The number of nitrogens with one attached hydrogen (secondary N) is 1. The molecular formula is C13H14F2N4. The highest BCUT2D eigenvalue weighted by molar-refractivity contribution is 5.42. The maximum atomic E-state index is 13.5. The third-order valence-electron chi connectivity index (χ3n) is 2.81. The second kappa shape index (κ2) is 5.17. The molecule has 0 saturated carbocycles. The predicted octanol–water partition coefficient (Wildman–Crippen LogP) is 2.82. The van der Waals surface area contributed by atoms with E-state index in [2.05, 4.69) is 15.3 Å². The average molecular weight is 264 g/mol. The molecule has 1 aromatic carbocycles. The van der Waals surface area contributed by atoms with Gasteiger partial charge < -0.3 is 11.1 Å². The van der Waals surface area contributed by atoms with Crippen molar-refractivity contribution < 1.29 is 8.78 Å². The molecule has 1 unspecified atom stereocenters. The molecule has 19 heavy (non-hydrogen) atoms. The normalized spacial score (nSPS) is 12.2. The van der Waals surface area contributed by atoms with Gasteiger partial charge in [-0.3, -0.25) is 0 Å². The van der Waals surface area contributed by atoms with Crippen molar-refractivity contribution in [3.05, 3.63) is 47.2 Å².